The number of hydrogen-bond acceptors (Lipinski definition) is 3. The Morgan fingerprint density at radius 1 is 1.26 bits per heavy atom. The van der Waals surface area contributed by atoms with Crippen molar-refractivity contribution in [3.63, 3.8) is 0 Å². The molecule has 0 aliphatic heterocycles. The van der Waals surface area contributed by atoms with Gasteiger partial charge in [0, 0.05) is 22.4 Å². The minimum absolute atomic E-state index is 0.000640. The fraction of sp³-hybridized carbons (Fsp3) is 0.176. The van der Waals surface area contributed by atoms with Gasteiger partial charge in [0.05, 0.1) is 13.5 Å². The standard InChI is InChI=1S/C17H17FN2O3/c1-10-13(18)7-12(17(19)22)8-14(10)20-16(21)9-11-5-3-4-6-15(11)23-2/h3-8H,9H2,1-2H3,(H2,19,22)(H,20,21). The molecule has 0 saturated carbocycles. The Bertz CT molecular complexity index is 759. The SMILES string of the molecule is COc1ccccc1CC(=O)Nc1cc(C(N)=O)cc(F)c1C. The van der Waals surface area contributed by atoms with E-state index in [1.807, 2.05) is 0 Å². The van der Waals surface area contributed by atoms with Crippen molar-refractivity contribution in [2.45, 2.75) is 13.3 Å². The number of methoxy groups -OCH3 is 1. The summed E-state index contributed by atoms with van der Waals surface area (Å²) >= 11 is 0. The summed E-state index contributed by atoms with van der Waals surface area (Å²) in [5, 5.41) is 2.60. The molecule has 2 rings (SSSR count). The van der Waals surface area contributed by atoms with Crippen molar-refractivity contribution in [2.75, 3.05) is 12.4 Å². The normalized spacial score (nSPS) is 10.2. The van der Waals surface area contributed by atoms with Crippen LogP contribution in [0.5, 0.6) is 5.75 Å². The zero-order valence-electron chi connectivity index (χ0n) is 12.9. The van der Waals surface area contributed by atoms with Crippen LogP contribution in [-0.2, 0) is 11.2 Å². The number of ether oxygens (including phenoxy) is 1. The van der Waals surface area contributed by atoms with Crippen LogP contribution in [0.25, 0.3) is 0 Å². The minimum Gasteiger partial charge on any atom is -0.496 e. The van der Waals surface area contributed by atoms with Crippen molar-refractivity contribution >= 4 is 17.5 Å². The number of carbonyl (C=O) groups is 2. The van der Waals surface area contributed by atoms with Crippen molar-refractivity contribution in [3.8, 4) is 5.75 Å². The van der Waals surface area contributed by atoms with Crippen LogP contribution >= 0.6 is 0 Å². The second-order valence-corrected chi connectivity index (χ2v) is 5.03. The topological polar surface area (TPSA) is 81.4 Å². The Morgan fingerprint density at radius 2 is 1.96 bits per heavy atom. The van der Waals surface area contributed by atoms with E-state index in [0.717, 1.165) is 6.07 Å². The van der Waals surface area contributed by atoms with Gasteiger partial charge >= 0.3 is 0 Å². The lowest BCUT2D eigenvalue weighted by atomic mass is 10.1. The van der Waals surface area contributed by atoms with Crippen molar-refractivity contribution in [3.05, 3.63) is 58.9 Å². The highest BCUT2D eigenvalue weighted by molar-refractivity contribution is 5.97. The summed E-state index contributed by atoms with van der Waals surface area (Å²) in [5.74, 6) is -1.12. The van der Waals surface area contributed by atoms with Crippen LogP contribution < -0.4 is 15.8 Å². The molecule has 120 valence electrons. The number of amides is 2. The van der Waals surface area contributed by atoms with Gasteiger partial charge in [0.15, 0.2) is 0 Å². The second-order valence-electron chi connectivity index (χ2n) is 5.03. The van der Waals surface area contributed by atoms with E-state index in [4.69, 9.17) is 10.5 Å². The molecule has 0 aliphatic carbocycles. The summed E-state index contributed by atoms with van der Waals surface area (Å²) in [6.07, 6.45) is 0.0614. The van der Waals surface area contributed by atoms with E-state index in [2.05, 4.69) is 5.32 Å². The molecule has 0 atom stereocenters. The average molecular weight is 316 g/mol. The summed E-state index contributed by atoms with van der Waals surface area (Å²) in [6, 6.07) is 9.53. The molecule has 0 unspecified atom stereocenters. The van der Waals surface area contributed by atoms with Gasteiger partial charge in [0.2, 0.25) is 11.8 Å². The summed E-state index contributed by atoms with van der Waals surface area (Å²) < 4.78 is 19.0. The number of para-hydroxylation sites is 1. The van der Waals surface area contributed by atoms with Crippen LogP contribution in [0.2, 0.25) is 0 Å². The van der Waals surface area contributed by atoms with Crippen LogP contribution in [0.4, 0.5) is 10.1 Å². The van der Waals surface area contributed by atoms with E-state index >= 15 is 0 Å². The maximum atomic E-state index is 13.8. The van der Waals surface area contributed by atoms with Crippen molar-refractivity contribution < 1.29 is 18.7 Å². The summed E-state index contributed by atoms with van der Waals surface area (Å²) in [4.78, 5) is 23.4. The van der Waals surface area contributed by atoms with Crippen LogP contribution in [0.15, 0.2) is 36.4 Å². The Kier molecular flexibility index (Phi) is 4.95. The third-order valence-corrected chi connectivity index (χ3v) is 3.45. The highest BCUT2D eigenvalue weighted by atomic mass is 19.1. The summed E-state index contributed by atoms with van der Waals surface area (Å²) in [6.45, 7) is 1.51. The first kappa shape index (κ1) is 16.5. The lowest BCUT2D eigenvalue weighted by molar-refractivity contribution is -0.115. The predicted molar refractivity (Wildman–Crippen MR) is 85.0 cm³/mol. The maximum Gasteiger partial charge on any atom is 0.248 e. The fourth-order valence-corrected chi connectivity index (χ4v) is 2.17. The molecule has 0 heterocycles. The first-order valence-electron chi connectivity index (χ1n) is 6.94. The Morgan fingerprint density at radius 3 is 2.61 bits per heavy atom. The van der Waals surface area contributed by atoms with Crippen molar-refractivity contribution in [1.29, 1.82) is 0 Å². The number of benzene rings is 2. The lowest BCUT2D eigenvalue weighted by Gasteiger charge is -2.12. The minimum atomic E-state index is -0.760. The molecule has 0 fully saturated rings. The number of carbonyl (C=O) groups excluding carboxylic acids is 2. The molecule has 6 heteroatoms. The number of nitrogens with two attached hydrogens (primary N) is 1. The van der Waals surface area contributed by atoms with E-state index in [1.165, 1.54) is 20.1 Å². The van der Waals surface area contributed by atoms with E-state index in [1.54, 1.807) is 24.3 Å². The number of halogens is 1. The average Bonchev–Trinajstić information content (AvgIpc) is 2.51. The number of nitrogens with one attached hydrogen (secondary N) is 1. The van der Waals surface area contributed by atoms with Crippen LogP contribution in [0, 0.1) is 12.7 Å². The Hall–Kier alpha value is -2.89. The van der Waals surface area contributed by atoms with Gasteiger partial charge in [0.25, 0.3) is 0 Å². The molecule has 2 amide bonds. The molecular formula is C17H17FN2O3. The zero-order chi connectivity index (χ0) is 17.0. The predicted octanol–water partition coefficient (Wildman–Crippen LogP) is 2.42. The van der Waals surface area contributed by atoms with Gasteiger partial charge in [-0.05, 0) is 25.1 Å². The smallest absolute Gasteiger partial charge is 0.248 e. The monoisotopic (exact) mass is 316 g/mol. The van der Waals surface area contributed by atoms with E-state index in [-0.39, 0.29) is 29.1 Å². The first-order valence-corrected chi connectivity index (χ1v) is 6.94. The van der Waals surface area contributed by atoms with E-state index in [9.17, 15) is 14.0 Å². The van der Waals surface area contributed by atoms with Gasteiger partial charge in [-0.3, -0.25) is 9.59 Å². The number of hydrogen-bond donors (Lipinski definition) is 2. The molecule has 0 aromatic heterocycles. The van der Waals surface area contributed by atoms with E-state index < -0.39 is 11.7 Å². The van der Waals surface area contributed by atoms with Gasteiger partial charge in [-0.1, -0.05) is 18.2 Å². The van der Waals surface area contributed by atoms with Crippen LogP contribution in [-0.4, -0.2) is 18.9 Å². The highest BCUT2D eigenvalue weighted by Crippen LogP contribution is 2.22. The molecule has 0 radical (unpaired) electrons. The molecule has 2 aromatic rings. The summed E-state index contributed by atoms with van der Waals surface area (Å²) in [7, 11) is 1.52. The maximum absolute atomic E-state index is 13.8. The fourth-order valence-electron chi connectivity index (χ4n) is 2.17. The number of primary amides is 1. The largest absolute Gasteiger partial charge is 0.496 e. The Labute approximate surface area is 133 Å². The molecule has 3 N–H and O–H groups in total. The molecule has 0 spiro atoms. The lowest BCUT2D eigenvalue weighted by Crippen LogP contribution is -2.18. The van der Waals surface area contributed by atoms with Crippen molar-refractivity contribution in [2.24, 2.45) is 5.73 Å². The molecule has 5 nitrogen and oxygen atoms in total. The van der Waals surface area contributed by atoms with Gasteiger partial charge in [0.1, 0.15) is 11.6 Å². The number of rotatable bonds is 5. The highest BCUT2D eigenvalue weighted by Gasteiger charge is 2.14. The van der Waals surface area contributed by atoms with Gasteiger partial charge in [-0.25, -0.2) is 4.39 Å². The van der Waals surface area contributed by atoms with Gasteiger partial charge in [-0.2, -0.15) is 0 Å². The quantitative estimate of drug-likeness (QED) is 0.889. The molecule has 23 heavy (non-hydrogen) atoms. The summed E-state index contributed by atoms with van der Waals surface area (Å²) in [5.41, 5.74) is 6.33. The molecule has 2 aromatic carbocycles. The molecular weight excluding hydrogens is 299 g/mol. The Balaban J connectivity index is 2.22. The number of anilines is 1. The van der Waals surface area contributed by atoms with Crippen LogP contribution in [0.3, 0.4) is 0 Å². The third kappa shape index (κ3) is 3.85. The third-order valence-electron chi connectivity index (χ3n) is 3.45. The van der Waals surface area contributed by atoms with Gasteiger partial charge in [-0.15, -0.1) is 0 Å². The zero-order valence-corrected chi connectivity index (χ0v) is 12.9. The molecule has 0 aliphatic rings. The molecule has 0 saturated heterocycles. The van der Waals surface area contributed by atoms with Crippen molar-refractivity contribution in [1.82, 2.24) is 0 Å². The van der Waals surface area contributed by atoms with Crippen LogP contribution in [0.1, 0.15) is 21.5 Å². The first-order chi connectivity index (χ1) is 10.9. The van der Waals surface area contributed by atoms with E-state index in [0.29, 0.717) is 11.3 Å². The molecule has 0 bridgehead atoms. The second kappa shape index (κ2) is 6.91. The van der Waals surface area contributed by atoms with Gasteiger partial charge < -0.3 is 15.8 Å².